The van der Waals surface area contributed by atoms with Crippen molar-refractivity contribution in [3.63, 3.8) is 0 Å². The highest BCUT2D eigenvalue weighted by Gasteiger charge is 2.15. The second kappa shape index (κ2) is 6.62. The van der Waals surface area contributed by atoms with Crippen LogP contribution in [0.1, 0.15) is 17.7 Å². The molecule has 0 aromatic carbocycles. The average molecular weight is 350 g/mol. The van der Waals surface area contributed by atoms with Gasteiger partial charge in [-0.05, 0) is 20.3 Å². The zero-order valence-electron chi connectivity index (χ0n) is 15.2. The number of fused-ring (bicyclic) bond motifs is 1. The van der Waals surface area contributed by atoms with Gasteiger partial charge >= 0.3 is 0 Å². The molecule has 8 nitrogen and oxygen atoms in total. The van der Waals surface area contributed by atoms with Gasteiger partial charge in [-0.2, -0.15) is 9.61 Å². The molecule has 0 aliphatic rings. The van der Waals surface area contributed by atoms with Crippen LogP contribution in [0.5, 0.6) is 0 Å². The van der Waals surface area contributed by atoms with Crippen LogP contribution < -0.4 is 5.32 Å². The van der Waals surface area contributed by atoms with E-state index in [9.17, 15) is 0 Å². The molecule has 0 spiro atoms. The van der Waals surface area contributed by atoms with Gasteiger partial charge in [0, 0.05) is 62.2 Å². The van der Waals surface area contributed by atoms with E-state index in [2.05, 4.69) is 31.8 Å². The standard InChI is InChI=1S/C18H22N8/c1-13-14(2)22-16-11-15(18-21-7-9-24(18)3)23-26(16)17(13)20-5-4-8-25-10-6-19-12-25/h6-7,9-12,20H,4-5,8H2,1-3H3. The molecule has 134 valence electrons. The van der Waals surface area contributed by atoms with E-state index in [4.69, 9.17) is 5.10 Å². The minimum Gasteiger partial charge on any atom is -0.370 e. The number of hydrogen-bond donors (Lipinski definition) is 1. The van der Waals surface area contributed by atoms with E-state index in [1.807, 2.05) is 47.8 Å². The molecular formula is C18H22N8. The molecule has 0 saturated carbocycles. The Kier molecular flexibility index (Phi) is 4.16. The molecule has 0 amide bonds. The highest BCUT2D eigenvalue weighted by molar-refractivity contribution is 5.62. The number of hydrogen-bond acceptors (Lipinski definition) is 5. The van der Waals surface area contributed by atoms with Crippen molar-refractivity contribution >= 4 is 11.5 Å². The Balaban J connectivity index is 1.61. The summed E-state index contributed by atoms with van der Waals surface area (Å²) in [5, 5.41) is 8.27. The first-order valence-corrected chi connectivity index (χ1v) is 8.68. The van der Waals surface area contributed by atoms with Gasteiger partial charge in [0.2, 0.25) is 0 Å². The summed E-state index contributed by atoms with van der Waals surface area (Å²) < 4.78 is 5.91. The van der Waals surface area contributed by atoms with Crippen molar-refractivity contribution in [3.05, 3.63) is 48.4 Å². The zero-order valence-corrected chi connectivity index (χ0v) is 15.2. The Labute approximate surface area is 151 Å². The van der Waals surface area contributed by atoms with Crippen LogP contribution in [0.4, 0.5) is 5.82 Å². The lowest BCUT2D eigenvalue weighted by molar-refractivity contribution is 0.658. The highest BCUT2D eigenvalue weighted by atomic mass is 15.3. The Morgan fingerprint density at radius 1 is 1.15 bits per heavy atom. The summed E-state index contributed by atoms with van der Waals surface area (Å²) in [5.41, 5.74) is 3.75. The average Bonchev–Trinajstić information content (AvgIpc) is 3.35. The number of rotatable bonds is 6. The van der Waals surface area contributed by atoms with E-state index in [0.29, 0.717) is 0 Å². The molecule has 26 heavy (non-hydrogen) atoms. The molecule has 4 aromatic rings. The van der Waals surface area contributed by atoms with Crippen LogP contribution in [0.15, 0.2) is 37.2 Å². The molecule has 0 fully saturated rings. The third kappa shape index (κ3) is 2.94. The first kappa shape index (κ1) is 16.3. The molecule has 4 aromatic heterocycles. The number of anilines is 1. The molecule has 0 aliphatic heterocycles. The van der Waals surface area contributed by atoms with Crippen LogP contribution >= 0.6 is 0 Å². The third-order valence-electron chi connectivity index (χ3n) is 4.58. The lowest BCUT2D eigenvalue weighted by Gasteiger charge is -2.13. The van der Waals surface area contributed by atoms with Crippen molar-refractivity contribution in [1.82, 2.24) is 33.7 Å². The second-order valence-corrected chi connectivity index (χ2v) is 6.41. The van der Waals surface area contributed by atoms with E-state index in [1.165, 1.54) is 0 Å². The fourth-order valence-corrected chi connectivity index (χ4v) is 3.02. The van der Waals surface area contributed by atoms with E-state index in [0.717, 1.165) is 53.8 Å². The lowest BCUT2D eigenvalue weighted by Crippen LogP contribution is -2.12. The first-order chi connectivity index (χ1) is 12.6. The number of aromatic nitrogens is 7. The molecule has 0 atom stereocenters. The maximum absolute atomic E-state index is 4.74. The van der Waals surface area contributed by atoms with Crippen LogP contribution in [0.25, 0.3) is 17.2 Å². The summed E-state index contributed by atoms with van der Waals surface area (Å²) in [6.45, 7) is 5.87. The molecule has 0 radical (unpaired) electrons. The Bertz CT molecular complexity index is 1030. The summed E-state index contributed by atoms with van der Waals surface area (Å²) in [7, 11) is 1.96. The molecule has 0 aliphatic carbocycles. The summed E-state index contributed by atoms with van der Waals surface area (Å²) in [5.74, 6) is 1.82. The number of nitrogens with zero attached hydrogens (tertiary/aromatic N) is 7. The second-order valence-electron chi connectivity index (χ2n) is 6.41. The van der Waals surface area contributed by atoms with Gasteiger partial charge in [-0.15, -0.1) is 0 Å². The van der Waals surface area contributed by atoms with Crippen molar-refractivity contribution in [2.45, 2.75) is 26.8 Å². The Morgan fingerprint density at radius 3 is 2.77 bits per heavy atom. The SMILES string of the molecule is Cc1nc2cc(-c3nccn3C)nn2c(NCCCn2ccnc2)c1C. The largest absolute Gasteiger partial charge is 0.370 e. The molecule has 0 unspecified atom stereocenters. The van der Waals surface area contributed by atoms with Gasteiger partial charge in [0.05, 0.1) is 6.33 Å². The van der Waals surface area contributed by atoms with Gasteiger partial charge in [0.25, 0.3) is 0 Å². The minimum atomic E-state index is 0.816. The van der Waals surface area contributed by atoms with Gasteiger partial charge in [0.15, 0.2) is 11.5 Å². The Morgan fingerprint density at radius 2 is 2.04 bits per heavy atom. The van der Waals surface area contributed by atoms with Gasteiger partial charge < -0.3 is 14.5 Å². The molecule has 8 heteroatoms. The lowest BCUT2D eigenvalue weighted by atomic mass is 10.2. The quantitative estimate of drug-likeness (QED) is 0.541. The van der Waals surface area contributed by atoms with Crippen LogP contribution in [-0.4, -0.2) is 40.2 Å². The fraction of sp³-hybridized carbons (Fsp3) is 0.333. The van der Waals surface area contributed by atoms with Gasteiger partial charge in [-0.1, -0.05) is 0 Å². The van der Waals surface area contributed by atoms with Crippen molar-refractivity contribution in [3.8, 4) is 11.5 Å². The van der Waals surface area contributed by atoms with E-state index in [-0.39, 0.29) is 0 Å². The predicted octanol–water partition coefficient (Wildman–Crippen LogP) is 2.45. The van der Waals surface area contributed by atoms with Gasteiger partial charge in [-0.25, -0.2) is 15.0 Å². The molecule has 4 rings (SSSR count). The van der Waals surface area contributed by atoms with Crippen molar-refractivity contribution < 1.29 is 0 Å². The highest BCUT2D eigenvalue weighted by Crippen LogP contribution is 2.23. The van der Waals surface area contributed by atoms with Crippen LogP contribution in [0, 0.1) is 13.8 Å². The van der Waals surface area contributed by atoms with Crippen LogP contribution in [-0.2, 0) is 13.6 Å². The molecule has 1 N–H and O–H groups in total. The smallest absolute Gasteiger partial charge is 0.160 e. The summed E-state index contributed by atoms with van der Waals surface area (Å²) in [6, 6.07) is 1.98. The topological polar surface area (TPSA) is 77.9 Å². The van der Waals surface area contributed by atoms with Crippen molar-refractivity contribution in [1.29, 1.82) is 0 Å². The van der Waals surface area contributed by atoms with Crippen molar-refractivity contribution in [2.75, 3.05) is 11.9 Å². The minimum absolute atomic E-state index is 0.816. The van der Waals surface area contributed by atoms with E-state index >= 15 is 0 Å². The summed E-state index contributed by atoms with van der Waals surface area (Å²) in [6.07, 6.45) is 10.3. The maximum Gasteiger partial charge on any atom is 0.160 e. The van der Waals surface area contributed by atoms with Crippen LogP contribution in [0.2, 0.25) is 0 Å². The van der Waals surface area contributed by atoms with E-state index < -0.39 is 0 Å². The summed E-state index contributed by atoms with van der Waals surface area (Å²) in [4.78, 5) is 13.1. The third-order valence-corrected chi connectivity index (χ3v) is 4.58. The predicted molar refractivity (Wildman–Crippen MR) is 100.0 cm³/mol. The normalized spacial score (nSPS) is 11.3. The van der Waals surface area contributed by atoms with Crippen molar-refractivity contribution in [2.24, 2.45) is 7.05 Å². The first-order valence-electron chi connectivity index (χ1n) is 8.68. The van der Waals surface area contributed by atoms with E-state index in [1.54, 1.807) is 12.4 Å². The molecular weight excluding hydrogens is 328 g/mol. The Hall–Kier alpha value is -3.16. The molecule has 0 bridgehead atoms. The number of aryl methyl sites for hydroxylation is 3. The molecule has 0 saturated heterocycles. The van der Waals surface area contributed by atoms with Gasteiger partial charge in [-0.3, -0.25) is 0 Å². The van der Waals surface area contributed by atoms with Gasteiger partial charge in [0.1, 0.15) is 11.5 Å². The van der Waals surface area contributed by atoms with Crippen LogP contribution in [0.3, 0.4) is 0 Å². The number of nitrogens with one attached hydrogen (secondary N) is 1. The fourth-order valence-electron chi connectivity index (χ4n) is 3.02. The monoisotopic (exact) mass is 350 g/mol. The molecule has 4 heterocycles. The number of imidazole rings is 2. The zero-order chi connectivity index (χ0) is 18.1. The summed E-state index contributed by atoms with van der Waals surface area (Å²) >= 11 is 0. The maximum atomic E-state index is 4.74.